The highest BCUT2D eigenvalue weighted by Crippen LogP contribution is 2.43. The van der Waals surface area contributed by atoms with E-state index in [0.29, 0.717) is 30.2 Å². The van der Waals surface area contributed by atoms with Gasteiger partial charge in [-0.2, -0.15) is 0 Å². The van der Waals surface area contributed by atoms with Crippen molar-refractivity contribution in [3.8, 4) is 23.0 Å². The number of hydrogen-bond acceptors (Lipinski definition) is 5. The molecule has 0 heterocycles. The first-order valence-electron chi connectivity index (χ1n) is 9.35. The Morgan fingerprint density at radius 1 is 0.964 bits per heavy atom. The first-order chi connectivity index (χ1) is 13.5. The minimum Gasteiger partial charge on any atom is -0.507 e. The third-order valence-electron chi connectivity index (χ3n) is 4.91. The Balaban J connectivity index is 2.56. The zero-order chi connectivity index (χ0) is 20.7. The fourth-order valence-electron chi connectivity index (χ4n) is 3.33. The van der Waals surface area contributed by atoms with Crippen molar-refractivity contribution in [2.75, 3.05) is 34.4 Å². The third-order valence-corrected chi connectivity index (χ3v) is 4.91. The number of carbonyl (C=O) groups excluding carboxylic acids is 1. The lowest BCUT2D eigenvalue weighted by molar-refractivity contribution is -0.131. The summed E-state index contributed by atoms with van der Waals surface area (Å²) in [5.41, 5.74) is 1.45. The van der Waals surface area contributed by atoms with E-state index in [4.69, 9.17) is 14.2 Å². The van der Waals surface area contributed by atoms with E-state index in [1.807, 2.05) is 38.1 Å². The van der Waals surface area contributed by atoms with E-state index in [1.54, 1.807) is 18.1 Å². The summed E-state index contributed by atoms with van der Waals surface area (Å²) in [6, 6.07) is 10.8. The summed E-state index contributed by atoms with van der Waals surface area (Å²) in [5, 5.41) is 10.7. The van der Waals surface area contributed by atoms with Crippen molar-refractivity contribution in [3.05, 3.63) is 47.5 Å². The van der Waals surface area contributed by atoms with E-state index in [-0.39, 0.29) is 24.0 Å². The van der Waals surface area contributed by atoms with Crippen LogP contribution in [0.2, 0.25) is 0 Å². The smallest absolute Gasteiger partial charge is 0.223 e. The van der Waals surface area contributed by atoms with Crippen LogP contribution in [0.1, 0.15) is 37.3 Å². The number of amides is 1. The molecule has 6 nitrogen and oxygen atoms in total. The van der Waals surface area contributed by atoms with Crippen LogP contribution in [-0.4, -0.2) is 50.3 Å². The molecule has 1 amide bonds. The first kappa shape index (κ1) is 21.4. The molecule has 0 radical (unpaired) electrons. The molecule has 0 saturated heterocycles. The minimum atomic E-state index is -0.375. The van der Waals surface area contributed by atoms with Gasteiger partial charge in [-0.05, 0) is 31.5 Å². The number of hydrogen-bond donors (Lipinski definition) is 1. The maximum absolute atomic E-state index is 12.9. The van der Waals surface area contributed by atoms with Crippen LogP contribution in [0.5, 0.6) is 23.0 Å². The number of nitrogens with zero attached hydrogens (tertiary/aromatic N) is 1. The van der Waals surface area contributed by atoms with Crippen LogP contribution in [0.25, 0.3) is 0 Å². The number of phenols is 1. The van der Waals surface area contributed by atoms with Crippen LogP contribution < -0.4 is 14.2 Å². The molecule has 0 aliphatic heterocycles. The molecule has 6 heteroatoms. The molecule has 1 N–H and O–H groups in total. The predicted octanol–water partition coefficient (Wildman–Crippen LogP) is 3.81. The van der Waals surface area contributed by atoms with Gasteiger partial charge < -0.3 is 24.2 Å². The summed E-state index contributed by atoms with van der Waals surface area (Å²) in [5.74, 6) is 1.36. The van der Waals surface area contributed by atoms with Crippen LogP contribution in [-0.2, 0) is 4.79 Å². The molecule has 0 aliphatic carbocycles. The number of methoxy groups -OCH3 is 3. The average Bonchev–Trinajstić information content (AvgIpc) is 2.72. The van der Waals surface area contributed by atoms with Crippen molar-refractivity contribution in [2.45, 2.75) is 26.2 Å². The van der Waals surface area contributed by atoms with E-state index in [1.165, 1.54) is 20.3 Å². The van der Waals surface area contributed by atoms with Gasteiger partial charge in [0, 0.05) is 43.1 Å². The summed E-state index contributed by atoms with van der Waals surface area (Å²) >= 11 is 0. The summed E-state index contributed by atoms with van der Waals surface area (Å²) < 4.78 is 16.0. The minimum absolute atomic E-state index is 0.0167. The van der Waals surface area contributed by atoms with Crippen LogP contribution in [0, 0.1) is 0 Å². The van der Waals surface area contributed by atoms with Crippen LogP contribution in [0.15, 0.2) is 36.4 Å². The van der Waals surface area contributed by atoms with Crippen LogP contribution >= 0.6 is 0 Å². The topological polar surface area (TPSA) is 68.2 Å². The molecule has 152 valence electrons. The summed E-state index contributed by atoms with van der Waals surface area (Å²) in [4.78, 5) is 14.7. The molecule has 0 saturated carbocycles. The molecule has 0 fully saturated rings. The molecule has 0 spiro atoms. The van der Waals surface area contributed by atoms with Gasteiger partial charge in [0.2, 0.25) is 5.91 Å². The van der Waals surface area contributed by atoms with Crippen LogP contribution in [0.3, 0.4) is 0 Å². The van der Waals surface area contributed by atoms with Gasteiger partial charge in [-0.1, -0.05) is 12.1 Å². The van der Waals surface area contributed by atoms with Crippen LogP contribution in [0.4, 0.5) is 0 Å². The molecule has 0 aliphatic rings. The zero-order valence-corrected chi connectivity index (χ0v) is 17.2. The van der Waals surface area contributed by atoms with E-state index >= 15 is 0 Å². The zero-order valence-electron chi connectivity index (χ0n) is 17.2. The Bertz CT molecular complexity index is 784. The monoisotopic (exact) mass is 387 g/mol. The molecule has 0 bridgehead atoms. The van der Waals surface area contributed by atoms with Crippen molar-refractivity contribution in [2.24, 2.45) is 0 Å². The number of benzene rings is 2. The lowest BCUT2D eigenvalue weighted by atomic mass is 9.86. The second kappa shape index (κ2) is 9.88. The highest BCUT2D eigenvalue weighted by atomic mass is 16.5. The van der Waals surface area contributed by atoms with Gasteiger partial charge in [0.15, 0.2) is 0 Å². The van der Waals surface area contributed by atoms with Gasteiger partial charge in [-0.25, -0.2) is 0 Å². The second-order valence-electron chi connectivity index (χ2n) is 6.36. The second-order valence-corrected chi connectivity index (χ2v) is 6.36. The van der Waals surface area contributed by atoms with E-state index in [0.717, 1.165) is 11.3 Å². The van der Waals surface area contributed by atoms with E-state index in [9.17, 15) is 9.90 Å². The number of phenolic OH excluding ortho intramolecular Hbond substituents is 1. The Morgan fingerprint density at radius 3 is 2.07 bits per heavy atom. The number of rotatable bonds is 9. The molecule has 0 unspecified atom stereocenters. The summed E-state index contributed by atoms with van der Waals surface area (Å²) in [6.45, 7) is 5.18. The van der Waals surface area contributed by atoms with Gasteiger partial charge in [0.1, 0.15) is 23.0 Å². The third kappa shape index (κ3) is 4.68. The standard InChI is InChI=1S/C22H29NO5/c1-6-23(7-2)21(25)14-18(15-8-10-16(26-3)11-9-15)22-19(24)12-17(27-4)13-20(22)28-5/h8-13,18,24H,6-7,14H2,1-5H3/t18-/m1/s1. The number of aromatic hydroxyl groups is 1. The molecule has 28 heavy (non-hydrogen) atoms. The summed E-state index contributed by atoms with van der Waals surface area (Å²) in [6.07, 6.45) is 0.213. The normalized spacial score (nSPS) is 11.6. The highest BCUT2D eigenvalue weighted by Gasteiger charge is 2.27. The van der Waals surface area contributed by atoms with Crippen molar-refractivity contribution in [3.63, 3.8) is 0 Å². The molecule has 1 atom stereocenters. The largest absolute Gasteiger partial charge is 0.507 e. The Labute approximate surface area is 166 Å². The molecule has 0 aromatic heterocycles. The Hall–Kier alpha value is -2.89. The van der Waals surface area contributed by atoms with E-state index < -0.39 is 0 Å². The summed E-state index contributed by atoms with van der Waals surface area (Å²) in [7, 11) is 4.67. The number of carbonyl (C=O) groups is 1. The lowest BCUT2D eigenvalue weighted by Gasteiger charge is -2.25. The Morgan fingerprint density at radius 2 is 1.57 bits per heavy atom. The fourth-order valence-corrected chi connectivity index (χ4v) is 3.33. The molecular formula is C22H29NO5. The van der Waals surface area contributed by atoms with E-state index in [2.05, 4.69) is 0 Å². The van der Waals surface area contributed by atoms with Crippen molar-refractivity contribution in [1.29, 1.82) is 0 Å². The number of ether oxygens (including phenoxy) is 3. The van der Waals surface area contributed by atoms with Gasteiger partial charge in [0.05, 0.1) is 21.3 Å². The molecule has 2 aromatic rings. The maximum atomic E-state index is 12.9. The molecular weight excluding hydrogens is 358 g/mol. The lowest BCUT2D eigenvalue weighted by Crippen LogP contribution is -2.31. The maximum Gasteiger partial charge on any atom is 0.223 e. The quantitative estimate of drug-likeness (QED) is 0.709. The van der Waals surface area contributed by atoms with Gasteiger partial charge >= 0.3 is 0 Å². The first-order valence-corrected chi connectivity index (χ1v) is 9.35. The highest BCUT2D eigenvalue weighted by molar-refractivity contribution is 5.78. The SMILES string of the molecule is CCN(CC)C(=O)C[C@H](c1ccc(OC)cc1)c1c(O)cc(OC)cc1OC. The van der Waals surface area contributed by atoms with Crippen molar-refractivity contribution < 1.29 is 24.1 Å². The Kier molecular flexibility index (Phi) is 7.55. The van der Waals surface area contributed by atoms with Crippen molar-refractivity contribution >= 4 is 5.91 Å². The fraction of sp³-hybridized carbons (Fsp3) is 0.409. The average molecular weight is 387 g/mol. The molecule has 2 aromatic carbocycles. The van der Waals surface area contributed by atoms with Gasteiger partial charge in [-0.15, -0.1) is 0 Å². The van der Waals surface area contributed by atoms with Gasteiger partial charge in [0.25, 0.3) is 0 Å². The molecule has 2 rings (SSSR count). The van der Waals surface area contributed by atoms with Crippen molar-refractivity contribution in [1.82, 2.24) is 4.90 Å². The van der Waals surface area contributed by atoms with Gasteiger partial charge in [-0.3, -0.25) is 4.79 Å². The predicted molar refractivity (Wildman–Crippen MR) is 109 cm³/mol.